The van der Waals surface area contributed by atoms with E-state index in [2.05, 4.69) is 13.8 Å². The summed E-state index contributed by atoms with van der Waals surface area (Å²) in [5.41, 5.74) is 6.28. The van der Waals surface area contributed by atoms with Crippen molar-refractivity contribution in [3.05, 3.63) is 0 Å². The van der Waals surface area contributed by atoms with Crippen molar-refractivity contribution in [2.45, 2.75) is 71.3 Å². The van der Waals surface area contributed by atoms with E-state index in [-0.39, 0.29) is 0 Å². The van der Waals surface area contributed by atoms with Crippen LogP contribution in [0.25, 0.3) is 0 Å². The van der Waals surface area contributed by atoms with Gasteiger partial charge in [0, 0.05) is 6.04 Å². The van der Waals surface area contributed by atoms with Crippen LogP contribution in [0.2, 0.25) is 0 Å². The van der Waals surface area contributed by atoms with E-state index in [4.69, 9.17) is 5.73 Å². The number of hydrogen-bond acceptors (Lipinski definition) is 1. The first-order valence-corrected chi connectivity index (χ1v) is 6.53. The molecule has 0 heterocycles. The van der Waals surface area contributed by atoms with Crippen molar-refractivity contribution in [2.24, 2.45) is 17.6 Å². The van der Waals surface area contributed by atoms with Crippen LogP contribution >= 0.6 is 0 Å². The predicted molar refractivity (Wildman–Crippen MR) is 63.2 cm³/mol. The van der Waals surface area contributed by atoms with Gasteiger partial charge in [-0.05, 0) is 24.7 Å². The molecule has 0 bridgehead atoms. The van der Waals surface area contributed by atoms with Crippen molar-refractivity contribution < 1.29 is 0 Å². The molecule has 0 aliphatic heterocycles. The maximum Gasteiger partial charge on any atom is 0.00696 e. The highest BCUT2D eigenvalue weighted by atomic mass is 14.7. The second kappa shape index (κ2) is 6.44. The molecule has 2 N–H and O–H groups in total. The fourth-order valence-electron chi connectivity index (χ4n) is 2.49. The van der Waals surface area contributed by atoms with Crippen molar-refractivity contribution in [3.8, 4) is 0 Å². The Morgan fingerprint density at radius 1 is 1.29 bits per heavy atom. The average Bonchev–Trinajstić information content (AvgIpc) is 2.13. The Kier molecular flexibility index (Phi) is 5.54. The van der Waals surface area contributed by atoms with Crippen molar-refractivity contribution in [2.75, 3.05) is 0 Å². The van der Waals surface area contributed by atoms with E-state index < -0.39 is 0 Å². The van der Waals surface area contributed by atoms with Gasteiger partial charge >= 0.3 is 0 Å². The van der Waals surface area contributed by atoms with Gasteiger partial charge in [0.1, 0.15) is 0 Å². The Bertz CT molecular complexity index is 140. The number of hydrogen-bond donors (Lipinski definition) is 1. The Balaban J connectivity index is 2.19. The van der Waals surface area contributed by atoms with E-state index in [9.17, 15) is 0 Å². The summed E-state index contributed by atoms with van der Waals surface area (Å²) in [5.74, 6) is 1.76. The molecular weight excluding hydrogens is 170 g/mol. The van der Waals surface area contributed by atoms with Crippen LogP contribution in [0.15, 0.2) is 0 Å². The van der Waals surface area contributed by atoms with E-state index in [1.54, 1.807) is 0 Å². The Labute approximate surface area is 89.5 Å². The standard InChI is InChI=1S/C13H27N/c1-3-5-9-12(4-2)13(14)10-11-7-6-8-11/h11-13H,3-10,14H2,1-2H3. The minimum atomic E-state index is 0.483. The third-order valence-corrected chi connectivity index (χ3v) is 3.89. The number of nitrogens with two attached hydrogens (primary N) is 1. The normalized spacial score (nSPS) is 21.6. The molecule has 2 atom stereocenters. The lowest BCUT2D eigenvalue weighted by Gasteiger charge is -2.31. The van der Waals surface area contributed by atoms with Crippen molar-refractivity contribution in [1.82, 2.24) is 0 Å². The summed E-state index contributed by atoms with van der Waals surface area (Å²) in [4.78, 5) is 0. The lowest BCUT2D eigenvalue weighted by atomic mass is 9.77. The zero-order chi connectivity index (χ0) is 10.4. The summed E-state index contributed by atoms with van der Waals surface area (Å²) in [5, 5.41) is 0. The van der Waals surface area contributed by atoms with Crippen molar-refractivity contribution in [1.29, 1.82) is 0 Å². The minimum absolute atomic E-state index is 0.483. The van der Waals surface area contributed by atoms with Crippen LogP contribution in [0.5, 0.6) is 0 Å². The fraction of sp³-hybridized carbons (Fsp3) is 1.00. The molecular formula is C13H27N. The Hall–Kier alpha value is -0.0400. The lowest BCUT2D eigenvalue weighted by molar-refractivity contribution is 0.236. The predicted octanol–water partition coefficient (Wildman–Crippen LogP) is 3.72. The molecule has 2 unspecified atom stereocenters. The van der Waals surface area contributed by atoms with Crippen LogP contribution in [-0.2, 0) is 0 Å². The largest absolute Gasteiger partial charge is 0.327 e. The molecule has 1 aliphatic rings. The summed E-state index contributed by atoms with van der Waals surface area (Å²) in [6, 6.07) is 0.483. The molecule has 1 fully saturated rings. The van der Waals surface area contributed by atoms with Gasteiger partial charge in [0.05, 0.1) is 0 Å². The first kappa shape index (κ1) is 12.0. The van der Waals surface area contributed by atoms with Gasteiger partial charge in [-0.3, -0.25) is 0 Å². The molecule has 84 valence electrons. The van der Waals surface area contributed by atoms with Gasteiger partial charge in [0.2, 0.25) is 0 Å². The molecule has 0 aromatic carbocycles. The van der Waals surface area contributed by atoms with Crippen molar-refractivity contribution >= 4 is 0 Å². The molecule has 0 radical (unpaired) electrons. The summed E-state index contributed by atoms with van der Waals surface area (Å²) < 4.78 is 0. The van der Waals surface area contributed by atoms with Gasteiger partial charge < -0.3 is 5.73 Å². The quantitative estimate of drug-likeness (QED) is 0.661. The summed E-state index contributed by atoms with van der Waals surface area (Å²) in [7, 11) is 0. The van der Waals surface area contributed by atoms with Gasteiger partial charge in [0.15, 0.2) is 0 Å². The van der Waals surface area contributed by atoms with Crippen LogP contribution in [0.4, 0.5) is 0 Å². The molecule has 14 heavy (non-hydrogen) atoms. The molecule has 0 saturated heterocycles. The van der Waals surface area contributed by atoms with Gasteiger partial charge in [-0.25, -0.2) is 0 Å². The topological polar surface area (TPSA) is 26.0 Å². The Morgan fingerprint density at radius 2 is 2.00 bits per heavy atom. The van der Waals surface area contributed by atoms with Crippen LogP contribution < -0.4 is 5.73 Å². The lowest BCUT2D eigenvalue weighted by Crippen LogP contribution is -2.33. The van der Waals surface area contributed by atoms with E-state index >= 15 is 0 Å². The van der Waals surface area contributed by atoms with Crippen LogP contribution in [-0.4, -0.2) is 6.04 Å². The SMILES string of the molecule is CCCCC(CC)C(N)CC1CCC1. The smallest absolute Gasteiger partial charge is 0.00696 e. The van der Waals surface area contributed by atoms with Gasteiger partial charge in [-0.15, -0.1) is 0 Å². The molecule has 1 heteroatoms. The van der Waals surface area contributed by atoms with E-state index in [1.165, 1.54) is 51.4 Å². The van der Waals surface area contributed by atoms with E-state index in [0.29, 0.717) is 6.04 Å². The maximum atomic E-state index is 6.28. The fourth-order valence-corrected chi connectivity index (χ4v) is 2.49. The first-order valence-electron chi connectivity index (χ1n) is 6.53. The van der Waals surface area contributed by atoms with Crippen molar-refractivity contribution in [3.63, 3.8) is 0 Å². The Morgan fingerprint density at radius 3 is 2.43 bits per heavy atom. The molecule has 1 nitrogen and oxygen atoms in total. The maximum absolute atomic E-state index is 6.28. The highest BCUT2D eigenvalue weighted by Crippen LogP contribution is 2.32. The second-order valence-corrected chi connectivity index (χ2v) is 5.01. The number of rotatable bonds is 7. The van der Waals surface area contributed by atoms with Gasteiger partial charge in [-0.1, -0.05) is 52.4 Å². The zero-order valence-electron chi connectivity index (χ0n) is 9.97. The zero-order valence-corrected chi connectivity index (χ0v) is 9.97. The van der Waals surface area contributed by atoms with E-state index in [1.807, 2.05) is 0 Å². The monoisotopic (exact) mass is 197 g/mol. The third-order valence-electron chi connectivity index (χ3n) is 3.89. The molecule has 1 saturated carbocycles. The highest BCUT2D eigenvalue weighted by Gasteiger charge is 2.23. The summed E-state index contributed by atoms with van der Waals surface area (Å²) in [6.45, 7) is 4.56. The molecule has 0 spiro atoms. The molecule has 0 aromatic rings. The molecule has 1 rings (SSSR count). The highest BCUT2D eigenvalue weighted by molar-refractivity contribution is 4.79. The molecule has 0 amide bonds. The van der Waals surface area contributed by atoms with Gasteiger partial charge in [-0.2, -0.15) is 0 Å². The molecule has 1 aliphatic carbocycles. The average molecular weight is 197 g/mol. The third kappa shape index (κ3) is 3.61. The summed E-state index contributed by atoms with van der Waals surface area (Å²) in [6.07, 6.45) is 10.9. The van der Waals surface area contributed by atoms with Crippen LogP contribution in [0, 0.1) is 11.8 Å². The van der Waals surface area contributed by atoms with Gasteiger partial charge in [0.25, 0.3) is 0 Å². The first-order chi connectivity index (χ1) is 6.77. The number of unbranched alkanes of at least 4 members (excludes halogenated alkanes) is 1. The van der Waals surface area contributed by atoms with Crippen LogP contribution in [0.3, 0.4) is 0 Å². The second-order valence-electron chi connectivity index (χ2n) is 5.01. The van der Waals surface area contributed by atoms with Crippen LogP contribution in [0.1, 0.15) is 65.2 Å². The molecule has 0 aromatic heterocycles. The minimum Gasteiger partial charge on any atom is -0.327 e. The van der Waals surface area contributed by atoms with E-state index in [0.717, 1.165) is 11.8 Å². The summed E-state index contributed by atoms with van der Waals surface area (Å²) >= 11 is 0.